The van der Waals surface area contributed by atoms with E-state index >= 15 is 0 Å². The number of nitrogens with one attached hydrogen (secondary N) is 2. The van der Waals surface area contributed by atoms with E-state index in [0.717, 1.165) is 28.6 Å². The molecule has 0 saturated carbocycles. The van der Waals surface area contributed by atoms with Crippen LogP contribution >= 0.6 is 0 Å². The van der Waals surface area contributed by atoms with Gasteiger partial charge in [0.05, 0.1) is 6.54 Å². The van der Waals surface area contributed by atoms with Gasteiger partial charge in [0.25, 0.3) is 0 Å². The zero-order valence-electron chi connectivity index (χ0n) is 18.8. The van der Waals surface area contributed by atoms with Gasteiger partial charge in [-0.2, -0.15) is 0 Å². The molecule has 3 aromatic rings. The lowest BCUT2D eigenvalue weighted by Crippen LogP contribution is -2.49. The van der Waals surface area contributed by atoms with Gasteiger partial charge in [0.15, 0.2) is 17.8 Å². The first-order valence-corrected chi connectivity index (χ1v) is 10.9. The van der Waals surface area contributed by atoms with E-state index in [1.807, 2.05) is 36.4 Å². The topological polar surface area (TPSA) is 131 Å². The molecule has 34 heavy (non-hydrogen) atoms. The van der Waals surface area contributed by atoms with Crippen molar-refractivity contribution in [1.29, 1.82) is 0 Å². The van der Waals surface area contributed by atoms with Crippen LogP contribution in [0, 0.1) is 5.92 Å². The van der Waals surface area contributed by atoms with Crippen molar-refractivity contribution < 1.29 is 28.6 Å². The van der Waals surface area contributed by atoms with E-state index in [1.54, 1.807) is 13.8 Å². The minimum Gasteiger partial charge on any atom is -0.476 e. The fraction of sp³-hybridized carbons (Fsp3) is 0.280. The van der Waals surface area contributed by atoms with Crippen LogP contribution in [0.2, 0.25) is 0 Å². The maximum atomic E-state index is 12.7. The number of aromatic nitrogens is 1. The molecule has 9 nitrogen and oxygen atoms in total. The van der Waals surface area contributed by atoms with Crippen molar-refractivity contribution in [2.45, 2.75) is 32.4 Å². The Balaban J connectivity index is 1.38. The molecule has 2 aromatic carbocycles. The van der Waals surface area contributed by atoms with Gasteiger partial charge in [-0.25, -0.2) is 14.6 Å². The zero-order chi connectivity index (χ0) is 24.2. The van der Waals surface area contributed by atoms with Crippen molar-refractivity contribution in [3.63, 3.8) is 0 Å². The number of alkyl carbamates (subject to hydrolysis) is 1. The van der Waals surface area contributed by atoms with Crippen LogP contribution in [0.4, 0.5) is 4.79 Å². The van der Waals surface area contributed by atoms with Crippen molar-refractivity contribution in [2.24, 2.45) is 5.92 Å². The molecular weight excluding hydrogens is 438 g/mol. The van der Waals surface area contributed by atoms with Gasteiger partial charge in [0.1, 0.15) is 12.6 Å². The van der Waals surface area contributed by atoms with Crippen LogP contribution in [0.15, 0.2) is 59.3 Å². The van der Waals surface area contributed by atoms with E-state index in [0.29, 0.717) is 0 Å². The number of fused-ring (bicyclic) bond motifs is 3. The zero-order valence-corrected chi connectivity index (χ0v) is 18.8. The number of hydrogen-bond acceptors (Lipinski definition) is 6. The Bertz CT molecular complexity index is 1170. The van der Waals surface area contributed by atoms with Crippen LogP contribution in [0.25, 0.3) is 11.1 Å². The smallest absolute Gasteiger partial charge is 0.407 e. The molecule has 0 unspecified atom stereocenters. The fourth-order valence-corrected chi connectivity index (χ4v) is 4.15. The summed E-state index contributed by atoms with van der Waals surface area (Å²) in [5.74, 6) is -2.06. The molecule has 1 aromatic heterocycles. The normalized spacial score (nSPS) is 13.1. The number of carbonyl (C=O) groups is 3. The Labute approximate surface area is 196 Å². The number of hydrogen-bond donors (Lipinski definition) is 3. The van der Waals surface area contributed by atoms with Crippen molar-refractivity contribution in [2.75, 3.05) is 6.61 Å². The highest BCUT2D eigenvalue weighted by molar-refractivity contribution is 5.88. The number of nitrogens with zero attached hydrogens (tertiary/aromatic N) is 1. The lowest BCUT2D eigenvalue weighted by molar-refractivity contribution is -0.124. The van der Waals surface area contributed by atoms with Crippen molar-refractivity contribution >= 4 is 18.0 Å². The Hall–Kier alpha value is -4.14. The van der Waals surface area contributed by atoms with Crippen molar-refractivity contribution in [3.05, 3.63) is 77.5 Å². The first-order valence-electron chi connectivity index (χ1n) is 10.9. The number of rotatable bonds is 8. The summed E-state index contributed by atoms with van der Waals surface area (Å²) in [5, 5.41) is 14.3. The second-order valence-electron chi connectivity index (χ2n) is 8.34. The number of aromatic carboxylic acids is 1. The summed E-state index contributed by atoms with van der Waals surface area (Å²) in [6.45, 7) is 3.53. The summed E-state index contributed by atoms with van der Waals surface area (Å²) in [5.41, 5.74) is 4.16. The predicted octanol–water partition coefficient (Wildman–Crippen LogP) is 3.55. The summed E-state index contributed by atoms with van der Waals surface area (Å²) in [6.07, 6.45) is 0.293. The summed E-state index contributed by atoms with van der Waals surface area (Å²) in [7, 11) is 0. The molecule has 2 amide bonds. The van der Waals surface area contributed by atoms with Crippen LogP contribution in [-0.2, 0) is 16.1 Å². The number of ether oxygens (including phenoxy) is 1. The monoisotopic (exact) mass is 463 g/mol. The standard InChI is InChI=1S/C25H25N3O6/c1-14(2)21(23(29)26-11-20-22(24(30)31)27-13-34-20)28-25(32)33-12-19-17-9-5-3-7-15(17)16-8-4-6-10-18(16)19/h3-10,13-14,19,21H,11-12H2,1-2H3,(H,26,29)(H,28,32)(H,30,31)/t21-/m1/s1. The van der Waals surface area contributed by atoms with Gasteiger partial charge < -0.3 is 24.9 Å². The molecule has 3 N–H and O–H groups in total. The molecule has 1 heterocycles. The maximum Gasteiger partial charge on any atom is 0.407 e. The molecule has 0 fully saturated rings. The molecule has 0 spiro atoms. The summed E-state index contributed by atoms with van der Waals surface area (Å²) < 4.78 is 10.6. The average molecular weight is 463 g/mol. The van der Waals surface area contributed by atoms with E-state index in [9.17, 15) is 14.4 Å². The van der Waals surface area contributed by atoms with E-state index < -0.39 is 24.0 Å². The fourth-order valence-electron chi connectivity index (χ4n) is 4.15. The van der Waals surface area contributed by atoms with Gasteiger partial charge in [0, 0.05) is 5.92 Å². The molecule has 9 heteroatoms. The van der Waals surface area contributed by atoms with E-state index in [4.69, 9.17) is 14.3 Å². The number of carboxylic acid groups (broad SMARTS) is 1. The Morgan fingerprint density at radius 3 is 2.26 bits per heavy atom. The Morgan fingerprint density at radius 1 is 1.06 bits per heavy atom. The first kappa shape index (κ1) is 23.0. The lowest BCUT2D eigenvalue weighted by atomic mass is 9.98. The van der Waals surface area contributed by atoms with Crippen molar-refractivity contribution in [1.82, 2.24) is 15.6 Å². The van der Waals surface area contributed by atoms with Gasteiger partial charge in [-0.1, -0.05) is 62.4 Å². The molecule has 1 atom stereocenters. The summed E-state index contributed by atoms with van der Waals surface area (Å²) in [4.78, 5) is 40.0. The van der Waals surface area contributed by atoms with Gasteiger partial charge in [-0.15, -0.1) is 0 Å². The van der Waals surface area contributed by atoms with E-state index in [-0.39, 0.29) is 36.4 Å². The lowest BCUT2D eigenvalue weighted by Gasteiger charge is -2.22. The van der Waals surface area contributed by atoms with Crippen LogP contribution in [-0.4, -0.2) is 40.7 Å². The second-order valence-corrected chi connectivity index (χ2v) is 8.34. The Kier molecular flexibility index (Phi) is 6.62. The molecule has 1 aliphatic rings. The van der Waals surface area contributed by atoms with Crippen LogP contribution in [0.5, 0.6) is 0 Å². The van der Waals surface area contributed by atoms with Gasteiger partial charge in [0.2, 0.25) is 5.91 Å². The van der Waals surface area contributed by atoms with E-state index in [1.165, 1.54) is 0 Å². The number of carbonyl (C=O) groups excluding carboxylic acids is 2. The highest BCUT2D eigenvalue weighted by Crippen LogP contribution is 2.44. The molecule has 0 radical (unpaired) electrons. The maximum absolute atomic E-state index is 12.7. The molecule has 0 bridgehead atoms. The van der Waals surface area contributed by atoms with Crippen molar-refractivity contribution in [3.8, 4) is 11.1 Å². The van der Waals surface area contributed by atoms with Gasteiger partial charge in [-0.05, 0) is 28.2 Å². The van der Waals surface area contributed by atoms with Gasteiger partial charge in [-0.3, -0.25) is 4.79 Å². The highest BCUT2D eigenvalue weighted by Gasteiger charge is 2.30. The molecule has 1 aliphatic carbocycles. The molecule has 176 valence electrons. The second kappa shape index (κ2) is 9.78. The third-order valence-corrected chi connectivity index (χ3v) is 5.83. The molecular formula is C25H25N3O6. The third-order valence-electron chi connectivity index (χ3n) is 5.83. The highest BCUT2D eigenvalue weighted by atomic mass is 16.5. The van der Waals surface area contributed by atoms with Crippen LogP contribution < -0.4 is 10.6 Å². The Morgan fingerprint density at radius 2 is 1.68 bits per heavy atom. The summed E-state index contributed by atoms with van der Waals surface area (Å²) >= 11 is 0. The quantitative estimate of drug-likeness (QED) is 0.466. The molecule has 0 saturated heterocycles. The number of amides is 2. The summed E-state index contributed by atoms with van der Waals surface area (Å²) in [6, 6.07) is 15.2. The molecule has 4 rings (SSSR count). The molecule has 0 aliphatic heterocycles. The number of oxazole rings is 1. The van der Waals surface area contributed by atoms with Crippen LogP contribution in [0.1, 0.15) is 47.1 Å². The minimum absolute atomic E-state index is 0.0181. The largest absolute Gasteiger partial charge is 0.476 e. The average Bonchev–Trinajstić information content (AvgIpc) is 3.42. The first-order chi connectivity index (χ1) is 16.4. The number of carboxylic acids is 1. The van der Waals surface area contributed by atoms with E-state index in [2.05, 4.69) is 27.8 Å². The minimum atomic E-state index is -1.25. The SMILES string of the molecule is CC(C)[C@@H](NC(=O)OCC1c2ccccc2-c2ccccc21)C(=O)NCc1ocnc1C(=O)O. The van der Waals surface area contributed by atoms with Gasteiger partial charge >= 0.3 is 12.1 Å². The number of benzene rings is 2. The van der Waals surface area contributed by atoms with Crippen LogP contribution in [0.3, 0.4) is 0 Å². The third kappa shape index (κ3) is 4.63. The predicted molar refractivity (Wildman–Crippen MR) is 122 cm³/mol.